The van der Waals surface area contributed by atoms with E-state index in [2.05, 4.69) is 47.6 Å². The summed E-state index contributed by atoms with van der Waals surface area (Å²) in [6.07, 6.45) is 12.2. The van der Waals surface area contributed by atoms with E-state index in [0.29, 0.717) is 11.8 Å². The molecule has 0 radical (unpaired) electrons. The third-order valence-corrected chi connectivity index (χ3v) is 12.9. The van der Waals surface area contributed by atoms with Crippen LogP contribution in [-0.4, -0.2) is 28.6 Å². The summed E-state index contributed by atoms with van der Waals surface area (Å²) in [6, 6.07) is 0. The Bertz CT molecular complexity index is 936. The molecule has 4 saturated carbocycles. The first kappa shape index (κ1) is 24.5. The van der Waals surface area contributed by atoms with E-state index in [0.717, 1.165) is 76.1 Å². The van der Waals surface area contributed by atoms with Crippen LogP contribution in [-0.2, 0) is 9.59 Å². The molecule has 0 bridgehead atoms. The highest BCUT2D eigenvalue weighted by Crippen LogP contribution is 2.75. The molecule has 5 aliphatic rings. The van der Waals surface area contributed by atoms with Crippen molar-refractivity contribution in [1.29, 1.82) is 0 Å². The molecule has 4 heteroatoms. The third kappa shape index (κ3) is 2.81. The Kier molecular flexibility index (Phi) is 5.20. The number of carboxylic acids is 1. The number of aldehydes is 1. The predicted octanol–water partition coefficient (Wildman–Crippen LogP) is 6.41. The van der Waals surface area contributed by atoms with Crippen molar-refractivity contribution in [3.63, 3.8) is 0 Å². The van der Waals surface area contributed by atoms with Crippen molar-refractivity contribution in [1.82, 2.24) is 0 Å². The lowest BCUT2D eigenvalue weighted by molar-refractivity contribution is -0.213. The molecule has 4 fully saturated rings. The highest BCUT2D eigenvalue weighted by molar-refractivity contribution is 5.81. The first-order valence-corrected chi connectivity index (χ1v) is 13.8. The van der Waals surface area contributed by atoms with Crippen LogP contribution in [0.5, 0.6) is 0 Å². The van der Waals surface area contributed by atoms with Gasteiger partial charge >= 0.3 is 5.97 Å². The molecule has 0 heterocycles. The van der Waals surface area contributed by atoms with Gasteiger partial charge in [0.15, 0.2) is 0 Å². The summed E-state index contributed by atoms with van der Waals surface area (Å²) < 4.78 is 0. The van der Waals surface area contributed by atoms with Gasteiger partial charge in [0, 0.05) is 5.41 Å². The fraction of sp³-hybridized carbons (Fsp3) is 0.867. The van der Waals surface area contributed by atoms with Crippen LogP contribution in [0.1, 0.15) is 106 Å². The van der Waals surface area contributed by atoms with Crippen LogP contribution in [0.15, 0.2) is 11.6 Å². The van der Waals surface area contributed by atoms with Gasteiger partial charge in [0.1, 0.15) is 6.29 Å². The maximum atomic E-state index is 13.5. The number of allylic oxidation sites excluding steroid dienone is 1. The van der Waals surface area contributed by atoms with Gasteiger partial charge in [-0.3, -0.25) is 4.79 Å². The molecule has 0 aromatic carbocycles. The lowest BCUT2D eigenvalue weighted by Crippen LogP contribution is -2.66. The van der Waals surface area contributed by atoms with Crippen molar-refractivity contribution in [2.75, 3.05) is 0 Å². The zero-order valence-corrected chi connectivity index (χ0v) is 22.2. The Morgan fingerprint density at radius 2 is 1.62 bits per heavy atom. The van der Waals surface area contributed by atoms with E-state index in [1.54, 1.807) is 0 Å². The lowest BCUT2D eigenvalue weighted by Gasteiger charge is -2.70. The number of rotatable bonds is 2. The second-order valence-electron chi connectivity index (χ2n) is 14.7. The number of carbonyl (C=O) groups excluding carboxylic acids is 1. The van der Waals surface area contributed by atoms with E-state index in [1.165, 1.54) is 0 Å². The summed E-state index contributed by atoms with van der Waals surface area (Å²) >= 11 is 0. The van der Waals surface area contributed by atoms with E-state index in [1.807, 2.05) is 0 Å². The van der Waals surface area contributed by atoms with E-state index < -0.39 is 11.4 Å². The van der Waals surface area contributed by atoms with Crippen LogP contribution in [0.25, 0.3) is 0 Å². The van der Waals surface area contributed by atoms with Gasteiger partial charge in [-0.25, -0.2) is 0 Å². The average Bonchev–Trinajstić information content (AvgIpc) is 2.77. The Labute approximate surface area is 206 Å². The zero-order valence-electron chi connectivity index (χ0n) is 22.2. The van der Waals surface area contributed by atoms with Crippen molar-refractivity contribution in [3.8, 4) is 0 Å². The number of hydrogen-bond acceptors (Lipinski definition) is 3. The number of aliphatic hydroxyl groups is 1. The maximum absolute atomic E-state index is 13.5. The van der Waals surface area contributed by atoms with E-state index in [4.69, 9.17) is 0 Å². The molecule has 0 aromatic rings. The molecule has 34 heavy (non-hydrogen) atoms. The molecular formula is C30H46O4. The van der Waals surface area contributed by atoms with Crippen molar-refractivity contribution in [2.24, 2.45) is 50.2 Å². The van der Waals surface area contributed by atoms with Crippen molar-refractivity contribution < 1.29 is 19.8 Å². The summed E-state index contributed by atoms with van der Waals surface area (Å²) in [6.45, 7) is 13.6. The Morgan fingerprint density at radius 1 is 0.941 bits per heavy atom. The summed E-state index contributed by atoms with van der Waals surface area (Å²) in [5.41, 5.74) is -0.345. The molecule has 190 valence electrons. The second-order valence-corrected chi connectivity index (χ2v) is 14.7. The fourth-order valence-electron chi connectivity index (χ4n) is 10.6. The second kappa shape index (κ2) is 7.20. The summed E-state index contributed by atoms with van der Waals surface area (Å²) in [5, 5.41) is 21.9. The quantitative estimate of drug-likeness (QED) is 0.361. The minimum atomic E-state index is -0.838. The fourth-order valence-corrected chi connectivity index (χ4v) is 10.6. The number of aliphatic carboxylic acids is 1. The standard InChI is InChI=1S/C30H46O4/c1-25(2)21-9-12-29(6)22(28(21,5)11-10-23(25)32)8-7-19-20-17-26(3,18-31)13-14-27(20,4)15-16-30(19,29)24(33)34/h7,18,20-23,32H,8-17H2,1-6H3,(H,33,34). The molecule has 0 amide bonds. The molecule has 4 nitrogen and oxygen atoms in total. The van der Waals surface area contributed by atoms with Crippen LogP contribution in [0, 0.1) is 50.2 Å². The first-order chi connectivity index (χ1) is 15.7. The highest BCUT2D eigenvalue weighted by atomic mass is 16.4. The van der Waals surface area contributed by atoms with Gasteiger partial charge in [0.2, 0.25) is 0 Å². The normalized spacial score (nSPS) is 53.9. The number of carbonyl (C=O) groups is 2. The molecule has 0 spiro atoms. The highest BCUT2D eigenvalue weighted by Gasteiger charge is 2.71. The van der Waals surface area contributed by atoms with Gasteiger partial charge in [0.25, 0.3) is 0 Å². The van der Waals surface area contributed by atoms with Gasteiger partial charge in [-0.2, -0.15) is 0 Å². The monoisotopic (exact) mass is 470 g/mol. The SMILES string of the molecule is CC1(C=O)CCC2(C)CCC3(C(=O)O)C(=CCC4C5(C)CCC(O)C(C)(C)C5CCC43C)C2C1. The molecular weight excluding hydrogens is 424 g/mol. The predicted molar refractivity (Wildman–Crippen MR) is 133 cm³/mol. The zero-order chi connectivity index (χ0) is 24.9. The van der Waals surface area contributed by atoms with Crippen LogP contribution in [0.2, 0.25) is 0 Å². The smallest absolute Gasteiger partial charge is 0.314 e. The Morgan fingerprint density at radius 3 is 2.26 bits per heavy atom. The summed E-state index contributed by atoms with van der Waals surface area (Å²) in [4.78, 5) is 25.5. The van der Waals surface area contributed by atoms with Gasteiger partial charge in [0.05, 0.1) is 11.5 Å². The number of hydrogen-bond donors (Lipinski definition) is 2. The third-order valence-electron chi connectivity index (χ3n) is 12.9. The van der Waals surface area contributed by atoms with Crippen molar-refractivity contribution >= 4 is 12.3 Å². The molecule has 9 unspecified atom stereocenters. The van der Waals surface area contributed by atoms with Gasteiger partial charge in [-0.05, 0) is 104 Å². The van der Waals surface area contributed by atoms with Crippen LogP contribution >= 0.6 is 0 Å². The van der Waals surface area contributed by atoms with Gasteiger partial charge in [-0.1, -0.05) is 53.2 Å². The van der Waals surface area contributed by atoms with Crippen LogP contribution < -0.4 is 0 Å². The van der Waals surface area contributed by atoms with Crippen LogP contribution in [0.4, 0.5) is 0 Å². The number of carboxylic acid groups (broad SMARTS) is 1. The molecule has 5 rings (SSSR count). The first-order valence-electron chi connectivity index (χ1n) is 13.8. The van der Waals surface area contributed by atoms with Crippen molar-refractivity contribution in [2.45, 2.75) is 112 Å². The lowest BCUT2D eigenvalue weighted by atomic mass is 9.33. The number of fused-ring (bicyclic) bond motifs is 7. The topological polar surface area (TPSA) is 74.6 Å². The van der Waals surface area contributed by atoms with E-state index in [-0.39, 0.29) is 39.1 Å². The summed E-state index contributed by atoms with van der Waals surface area (Å²) in [7, 11) is 0. The molecule has 0 aromatic heterocycles. The van der Waals surface area contributed by atoms with Gasteiger partial charge < -0.3 is 15.0 Å². The van der Waals surface area contributed by atoms with Crippen LogP contribution in [0.3, 0.4) is 0 Å². The Balaban J connectivity index is 1.64. The molecule has 0 saturated heterocycles. The molecule has 5 aliphatic carbocycles. The van der Waals surface area contributed by atoms with Gasteiger partial charge in [-0.15, -0.1) is 0 Å². The summed E-state index contributed by atoms with van der Waals surface area (Å²) in [5.74, 6) is 0.248. The number of aliphatic hydroxyl groups excluding tert-OH is 1. The Hall–Kier alpha value is -1.16. The maximum Gasteiger partial charge on any atom is 0.314 e. The average molecular weight is 471 g/mol. The van der Waals surface area contributed by atoms with Crippen molar-refractivity contribution in [3.05, 3.63) is 11.6 Å². The van der Waals surface area contributed by atoms with E-state index >= 15 is 0 Å². The minimum absolute atomic E-state index is 0.0326. The minimum Gasteiger partial charge on any atom is -0.481 e. The van der Waals surface area contributed by atoms with E-state index in [9.17, 15) is 19.8 Å². The largest absolute Gasteiger partial charge is 0.481 e. The molecule has 0 aliphatic heterocycles. The molecule has 9 atom stereocenters. The molecule has 2 N–H and O–H groups in total.